The largest absolute Gasteiger partial charge is 0.478 e. The van der Waals surface area contributed by atoms with Crippen LogP contribution in [0.15, 0.2) is 72.8 Å². The maximum atomic E-state index is 12.9. The van der Waals surface area contributed by atoms with E-state index >= 15 is 0 Å². The molecule has 0 aliphatic heterocycles. The molecule has 7 nitrogen and oxygen atoms in total. The smallest absolute Gasteiger partial charge is 0.408 e. The summed E-state index contributed by atoms with van der Waals surface area (Å²) in [6.07, 6.45) is -0.675. The zero-order valence-corrected chi connectivity index (χ0v) is 19.9. The number of hydrogen-bond acceptors (Lipinski definition) is 4. The van der Waals surface area contributed by atoms with E-state index in [9.17, 15) is 14.4 Å². The number of aromatic carboxylic acids is 1. The Bertz CT molecular complexity index is 1220. The molecule has 35 heavy (non-hydrogen) atoms. The van der Waals surface area contributed by atoms with E-state index < -0.39 is 17.6 Å². The van der Waals surface area contributed by atoms with E-state index in [2.05, 4.69) is 22.8 Å². The number of alkyl carbamates (subject to hydrolysis) is 1. The first-order valence-electron chi connectivity index (χ1n) is 11.4. The highest BCUT2D eigenvalue weighted by Crippen LogP contribution is 2.44. The first-order chi connectivity index (χ1) is 16.7. The summed E-state index contributed by atoms with van der Waals surface area (Å²) >= 11 is 0. The molecule has 7 heteroatoms. The van der Waals surface area contributed by atoms with E-state index in [1.807, 2.05) is 36.4 Å². The number of ether oxygens (including phenoxy) is 1. The van der Waals surface area contributed by atoms with Gasteiger partial charge >= 0.3 is 12.1 Å². The Hall–Kier alpha value is -4.13. The van der Waals surface area contributed by atoms with Crippen LogP contribution in [-0.4, -0.2) is 35.2 Å². The van der Waals surface area contributed by atoms with Gasteiger partial charge in [-0.05, 0) is 60.7 Å². The molecular weight excluding hydrogens is 444 g/mol. The average molecular weight is 473 g/mol. The Labute approximate surface area is 204 Å². The van der Waals surface area contributed by atoms with Crippen molar-refractivity contribution in [3.63, 3.8) is 0 Å². The number of rotatable bonds is 7. The van der Waals surface area contributed by atoms with Crippen LogP contribution < -0.4 is 10.6 Å². The molecule has 0 fully saturated rings. The molecule has 1 unspecified atom stereocenters. The maximum Gasteiger partial charge on any atom is 0.408 e. The Morgan fingerprint density at radius 1 is 0.914 bits per heavy atom. The molecule has 0 saturated heterocycles. The van der Waals surface area contributed by atoms with Gasteiger partial charge < -0.3 is 20.5 Å². The quantitative estimate of drug-likeness (QED) is 0.455. The monoisotopic (exact) mass is 472 g/mol. The number of carbonyl (C=O) groups excluding carboxylic acids is 2. The second-order valence-electron chi connectivity index (χ2n) is 9.20. The number of fused-ring (bicyclic) bond motifs is 3. The molecule has 1 aliphatic carbocycles. The summed E-state index contributed by atoms with van der Waals surface area (Å²) in [5, 5.41) is 14.6. The predicted octanol–water partition coefficient (Wildman–Crippen LogP) is 4.88. The number of carbonyl (C=O) groups is 3. The zero-order chi connectivity index (χ0) is 25.2. The van der Waals surface area contributed by atoms with E-state index in [1.165, 1.54) is 12.1 Å². The highest BCUT2D eigenvalue weighted by Gasteiger charge is 2.33. The summed E-state index contributed by atoms with van der Waals surface area (Å²) in [6.45, 7) is 5.15. The maximum absolute atomic E-state index is 12.9. The fourth-order valence-electron chi connectivity index (χ4n) is 4.32. The van der Waals surface area contributed by atoms with Crippen LogP contribution in [0.25, 0.3) is 11.1 Å². The van der Waals surface area contributed by atoms with Gasteiger partial charge in [-0.1, -0.05) is 60.7 Å². The van der Waals surface area contributed by atoms with Crippen LogP contribution in [0, 0.1) is 0 Å². The van der Waals surface area contributed by atoms with E-state index in [4.69, 9.17) is 9.84 Å². The number of hydrogen-bond donors (Lipinski definition) is 3. The Morgan fingerprint density at radius 2 is 1.46 bits per heavy atom. The average Bonchev–Trinajstić information content (AvgIpc) is 3.16. The molecule has 180 valence electrons. The zero-order valence-electron chi connectivity index (χ0n) is 19.9. The summed E-state index contributed by atoms with van der Waals surface area (Å²) < 4.78 is 5.57. The van der Waals surface area contributed by atoms with E-state index in [-0.39, 0.29) is 30.0 Å². The Kier molecular flexibility index (Phi) is 6.60. The van der Waals surface area contributed by atoms with Gasteiger partial charge in [-0.15, -0.1) is 0 Å². The SMILES string of the molecule is CC(NC(=O)C(C)(C)NC(=O)OCC1c2ccccc2-c2ccccc21)c1ccc(C(=O)O)cc1. The number of benzene rings is 3. The van der Waals surface area contributed by atoms with Crippen LogP contribution in [0.3, 0.4) is 0 Å². The van der Waals surface area contributed by atoms with Crippen molar-refractivity contribution < 1.29 is 24.2 Å². The molecule has 4 rings (SSSR count). The number of carboxylic acids is 1. The van der Waals surface area contributed by atoms with Crippen molar-refractivity contribution in [1.29, 1.82) is 0 Å². The van der Waals surface area contributed by atoms with Crippen LogP contribution in [0.1, 0.15) is 59.8 Å². The lowest BCUT2D eigenvalue weighted by molar-refractivity contribution is -0.127. The second-order valence-corrected chi connectivity index (χ2v) is 9.20. The second kappa shape index (κ2) is 9.62. The third-order valence-corrected chi connectivity index (χ3v) is 6.33. The van der Waals surface area contributed by atoms with Gasteiger partial charge in [0.1, 0.15) is 12.1 Å². The normalized spacial score (nSPS) is 13.3. The standard InChI is InChI=1S/C28H28N2O5/c1-17(18-12-14-19(15-13-18)25(31)32)29-26(33)28(2,3)30-27(34)35-16-24-22-10-6-4-8-20(22)21-9-5-7-11-23(21)24/h4-15,17,24H,16H2,1-3H3,(H,29,33)(H,30,34)(H,31,32). The van der Waals surface area contributed by atoms with Crippen molar-refractivity contribution in [1.82, 2.24) is 10.6 Å². The van der Waals surface area contributed by atoms with Crippen molar-refractivity contribution in [2.24, 2.45) is 0 Å². The van der Waals surface area contributed by atoms with Gasteiger partial charge in [0.2, 0.25) is 5.91 Å². The van der Waals surface area contributed by atoms with Gasteiger partial charge in [-0.3, -0.25) is 4.79 Å². The molecule has 3 N–H and O–H groups in total. The minimum atomic E-state index is -1.22. The lowest BCUT2D eigenvalue weighted by atomic mass is 9.98. The van der Waals surface area contributed by atoms with Gasteiger partial charge in [0.25, 0.3) is 0 Å². The third kappa shape index (κ3) is 5.04. The molecule has 0 bridgehead atoms. The van der Waals surface area contributed by atoms with E-state index in [0.717, 1.165) is 27.8 Å². The van der Waals surface area contributed by atoms with Crippen LogP contribution >= 0.6 is 0 Å². The molecule has 1 aliphatic rings. The predicted molar refractivity (Wildman–Crippen MR) is 132 cm³/mol. The van der Waals surface area contributed by atoms with Crippen LogP contribution in [0.2, 0.25) is 0 Å². The lowest BCUT2D eigenvalue weighted by Gasteiger charge is -2.27. The van der Waals surface area contributed by atoms with Gasteiger partial charge in [0, 0.05) is 5.92 Å². The first-order valence-corrected chi connectivity index (χ1v) is 11.4. The molecule has 2 amide bonds. The number of carboxylic acid groups (broad SMARTS) is 1. The highest BCUT2D eigenvalue weighted by molar-refractivity contribution is 5.90. The molecular formula is C28H28N2O5. The summed E-state index contributed by atoms with van der Waals surface area (Å²) in [7, 11) is 0. The molecule has 3 aromatic carbocycles. The van der Waals surface area contributed by atoms with Crippen molar-refractivity contribution in [3.8, 4) is 11.1 Å². The molecule has 3 aromatic rings. The van der Waals surface area contributed by atoms with Gasteiger partial charge in [0.05, 0.1) is 11.6 Å². The summed E-state index contributed by atoms with van der Waals surface area (Å²) in [6, 6.07) is 22.1. The van der Waals surface area contributed by atoms with Crippen molar-refractivity contribution >= 4 is 18.0 Å². The fourth-order valence-corrected chi connectivity index (χ4v) is 4.32. The van der Waals surface area contributed by atoms with Crippen LogP contribution in [0.4, 0.5) is 4.79 Å². The summed E-state index contributed by atoms with van der Waals surface area (Å²) in [5.74, 6) is -1.47. The summed E-state index contributed by atoms with van der Waals surface area (Å²) in [5.41, 5.74) is 4.20. The van der Waals surface area contributed by atoms with Crippen LogP contribution in [-0.2, 0) is 9.53 Å². The van der Waals surface area contributed by atoms with Gasteiger partial charge in [-0.2, -0.15) is 0 Å². The van der Waals surface area contributed by atoms with Crippen LogP contribution in [0.5, 0.6) is 0 Å². The molecule has 0 radical (unpaired) electrons. The Morgan fingerprint density at radius 3 is 2.00 bits per heavy atom. The molecule has 1 atom stereocenters. The summed E-state index contributed by atoms with van der Waals surface area (Å²) in [4.78, 5) is 36.5. The minimum Gasteiger partial charge on any atom is -0.478 e. The van der Waals surface area contributed by atoms with Crippen molar-refractivity contribution in [2.45, 2.75) is 38.3 Å². The molecule has 0 spiro atoms. The third-order valence-electron chi connectivity index (χ3n) is 6.33. The van der Waals surface area contributed by atoms with E-state index in [1.54, 1.807) is 32.9 Å². The number of nitrogens with one attached hydrogen (secondary N) is 2. The van der Waals surface area contributed by atoms with E-state index in [0.29, 0.717) is 0 Å². The van der Waals surface area contributed by atoms with Gasteiger partial charge in [0.15, 0.2) is 0 Å². The molecule has 0 heterocycles. The van der Waals surface area contributed by atoms with Crippen molar-refractivity contribution in [2.75, 3.05) is 6.61 Å². The lowest BCUT2D eigenvalue weighted by Crippen LogP contribution is -2.55. The molecule has 0 aromatic heterocycles. The highest BCUT2D eigenvalue weighted by atomic mass is 16.5. The number of amides is 2. The van der Waals surface area contributed by atoms with Crippen molar-refractivity contribution in [3.05, 3.63) is 95.1 Å². The fraction of sp³-hybridized carbons (Fsp3) is 0.250. The van der Waals surface area contributed by atoms with Gasteiger partial charge in [-0.25, -0.2) is 9.59 Å². The Balaban J connectivity index is 1.36. The minimum absolute atomic E-state index is 0.0705. The first kappa shape index (κ1) is 24.0. The topological polar surface area (TPSA) is 105 Å². The molecule has 0 saturated carbocycles.